The Morgan fingerprint density at radius 2 is 1.79 bits per heavy atom. The van der Waals surface area contributed by atoms with Crippen LogP contribution in [0, 0.1) is 0 Å². The first-order valence-corrected chi connectivity index (χ1v) is 17.9. The molecule has 8 rings (SSSR count). The van der Waals surface area contributed by atoms with Crippen LogP contribution in [0.5, 0.6) is 0 Å². The molecule has 1 unspecified atom stereocenters. The van der Waals surface area contributed by atoms with E-state index in [-0.39, 0.29) is 74.7 Å². The molecule has 284 valence electrons. The van der Waals surface area contributed by atoms with Gasteiger partial charge in [0.25, 0.3) is 11.8 Å². The lowest BCUT2D eigenvalue weighted by Crippen LogP contribution is -2.52. The summed E-state index contributed by atoms with van der Waals surface area (Å²) in [6.07, 6.45) is 2.39. The van der Waals surface area contributed by atoms with Crippen molar-refractivity contribution in [3.63, 3.8) is 0 Å². The van der Waals surface area contributed by atoms with E-state index in [1.165, 1.54) is 22.9 Å². The van der Waals surface area contributed by atoms with Crippen LogP contribution in [0.15, 0.2) is 73.1 Å². The quantitative estimate of drug-likeness (QED) is 0.225. The van der Waals surface area contributed by atoms with Gasteiger partial charge in [-0.25, -0.2) is 4.98 Å². The average Bonchev–Trinajstić information content (AvgIpc) is 3.74. The molecule has 5 aromatic rings. The number of hydrogen-bond donors (Lipinski definition) is 2. The molecule has 16 heteroatoms. The van der Waals surface area contributed by atoms with E-state index in [0.717, 1.165) is 15.7 Å². The summed E-state index contributed by atoms with van der Waals surface area (Å²) in [6.45, 7) is 1.92. The second-order valence-corrected chi connectivity index (χ2v) is 13.7. The number of rotatable bonds is 7. The van der Waals surface area contributed by atoms with Crippen molar-refractivity contribution in [2.24, 2.45) is 0 Å². The number of carbonyl (C=O) groups excluding carboxylic acids is 5. The van der Waals surface area contributed by atoms with Gasteiger partial charge in [-0.05, 0) is 47.2 Å². The van der Waals surface area contributed by atoms with Crippen molar-refractivity contribution in [3.05, 3.63) is 107 Å². The molecule has 0 spiro atoms. The zero-order valence-electron chi connectivity index (χ0n) is 29.9. The lowest BCUT2D eigenvalue weighted by molar-refractivity contribution is -0.148. The molecule has 0 aliphatic carbocycles. The van der Waals surface area contributed by atoms with Crippen LogP contribution >= 0.6 is 0 Å². The van der Waals surface area contributed by atoms with Gasteiger partial charge in [-0.3, -0.25) is 39.3 Å². The molecule has 13 nitrogen and oxygen atoms in total. The lowest BCUT2D eigenvalue weighted by atomic mass is 10.0. The van der Waals surface area contributed by atoms with Gasteiger partial charge in [-0.15, -0.1) is 0 Å². The van der Waals surface area contributed by atoms with Crippen molar-refractivity contribution < 1.29 is 37.1 Å². The van der Waals surface area contributed by atoms with Crippen LogP contribution in [0.2, 0.25) is 0 Å². The minimum Gasteiger partial charge on any atom is -0.347 e. The minimum atomic E-state index is -4.68. The van der Waals surface area contributed by atoms with E-state index in [0.29, 0.717) is 38.9 Å². The van der Waals surface area contributed by atoms with Gasteiger partial charge >= 0.3 is 6.18 Å². The molecule has 5 amide bonds. The summed E-state index contributed by atoms with van der Waals surface area (Å²) in [4.78, 5) is 78.1. The number of nitrogens with one attached hydrogen (secondary N) is 2. The number of nitrogens with zero attached hydrogens (tertiary/aromatic N) is 6. The number of piperidine rings is 1. The zero-order valence-corrected chi connectivity index (χ0v) is 29.9. The summed E-state index contributed by atoms with van der Waals surface area (Å²) in [5.41, 5.74) is 4.26. The second-order valence-electron chi connectivity index (χ2n) is 13.7. The molecule has 2 aromatic carbocycles. The molecule has 6 heterocycles. The number of halogens is 3. The SMILES string of the molecule is CC(=O)N1CCn2c(C(F)(F)F)nc(-c3cccc4cc(-c5ccc(C(=O)NC/C=C/c6cccc7c6CN(C6CCC(=O)NC6=O)C7=O)nc5)ncc34)c2C1. The fourth-order valence-corrected chi connectivity index (χ4v) is 7.48. The largest absolute Gasteiger partial charge is 0.449 e. The van der Waals surface area contributed by atoms with E-state index in [9.17, 15) is 37.1 Å². The van der Waals surface area contributed by atoms with Crippen molar-refractivity contribution in [1.82, 2.24) is 40.0 Å². The molecule has 1 saturated heterocycles. The molecular formula is C40H33F3N8O5. The van der Waals surface area contributed by atoms with E-state index < -0.39 is 29.9 Å². The summed E-state index contributed by atoms with van der Waals surface area (Å²) < 4.78 is 43.2. The van der Waals surface area contributed by atoms with Crippen LogP contribution in [-0.4, -0.2) is 78.0 Å². The lowest BCUT2D eigenvalue weighted by Gasteiger charge is -2.29. The third-order valence-corrected chi connectivity index (χ3v) is 10.3. The standard InChI is InChI=1S/C40H33F3N8O5/c1-22(52)49-15-16-50-33(21-49)35(48-39(50)40(41,42)43)26-8-3-6-24-17-31(46-19-28(24)26)25-10-11-30(45-18-25)36(54)44-14-4-7-23-5-2-9-27-29(23)20-51(38(27)56)32-12-13-34(53)47-37(32)55/h2-11,17-19,32H,12-16,20-21H2,1H3,(H,44,54)(H,47,53,55)/b7-4+. The first kappa shape index (κ1) is 36.3. The van der Waals surface area contributed by atoms with E-state index in [4.69, 9.17) is 0 Å². The van der Waals surface area contributed by atoms with Gasteiger partial charge < -0.3 is 19.7 Å². The van der Waals surface area contributed by atoms with E-state index in [1.807, 2.05) is 12.1 Å². The van der Waals surface area contributed by atoms with Crippen molar-refractivity contribution in [2.45, 2.75) is 51.6 Å². The fourth-order valence-electron chi connectivity index (χ4n) is 7.48. The molecule has 3 aliphatic rings. The highest BCUT2D eigenvalue weighted by Crippen LogP contribution is 2.38. The number of aromatic nitrogens is 4. The number of amides is 5. The monoisotopic (exact) mass is 762 g/mol. The number of imidazole rings is 1. The van der Waals surface area contributed by atoms with Crippen LogP contribution in [0.25, 0.3) is 39.4 Å². The number of benzene rings is 2. The maximum atomic E-state index is 14.0. The van der Waals surface area contributed by atoms with E-state index >= 15 is 0 Å². The van der Waals surface area contributed by atoms with Gasteiger partial charge in [0.05, 0.1) is 23.6 Å². The molecule has 0 bridgehead atoms. The summed E-state index contributed by atoms with van der Waals surface area (Å²) in [7, 11) is 0. The zero-order chi connectivity index (χ0) is 39.3. The Balaban J connectivity index is 0.947. The number of imide groups is 1. The third kappa shape index (κ3) is 6.67. The van der Waals surface area contributed by atoms with Crippen LogP contribution in [0.3, 0.4) is 0 Å². The van der Waals surface area contributed by atoms with E-state index in [1.54, 1.807) is 60.8 Å². The summed E-state index contributed by atoms with van der Waals surface area (Å²) in [5.74, 6) is -2.75. The molecule has 1 fully saturated rings. The maximum absolute atomic E-state index is 14.0. The molecule has 56 heavy (non-hydrogen) atoms. The number of pyridine rings is 2. The Morgan fingerprint density at radius 1 is 0.982 bits per heavy atom. The Morgan fingerprint density at radius 3 is 2.54 bits per heavy atom. The average molecular weight is 763 g/mol. The first-order chi connectivity index (χ1) is 26.9. The minimum absolute atomic E-state index is 0.00152. The molecule has 0 saturated carbocycles. The number of carbonyl (C=O) groups is 5. The molecular weight excluding hydrogens is 729 g/mol. The molecule has 3 aromatic heterocycles. The first-order valence-electron chi connectivity index (χ1n) is 17.9. The Labute approximate surface area is 317 Å². The van der Waals surface area contributed by atoms with Gasteiger partial charge in [0.15, 0.2) is 0 Å². The number of hydrogen-bond acceptors (Lipinski definition) is 8. The van der Waals surface area contributed by atoms with Crippen LogP contribution < -0.4 is 10.6 Å². The van der Waals surface area contributed by atoms with Crippen molar-refractivity contribution in [3.8, 4) is 22.5 Å². The van der Waals surface area contributed by atoms with Gasteiger partial charge in [-0.2, -0.15) is 13.2 Å². The highest BCUT2D eigenvalue weighted by Gasteiger charge is 2.41. The predicted octanol–water partition coefficient (Wildman–Crippen LogP) is 4.75. The van der Waals surface area contributed by atoms with Crippen LogP contribution in [0.1, 0.15) is 63.3 Å². The van der Waals surface area contributed by atoms with Crippen molar-refractivity contribution in [2.75, 3.05) is 13.1 Å². The van der Waals surface area contributed by atoms with Crippen molar-refractivity contribution >= 4 is 46.4 Å². The van der Waals surface area contributed by atoms with Gasteiger partial charge in [0, 0.05) is 74.0 Å². The molecule has 2 N–H and O–H groups in total. The highest BCUT2D eigenvalue weighted by atomic mass is 19.4. The molecule has 3 aliphatic heterocycles. The Hall–Kier alpha value is -6.71. The van der Waals surface area contributed by atoms with Crippen molar-refractivity contribution in [1.29, 1.82) is 0 Å². The molecule has 1 atom stereocenters. The Kier molecular flexibility index (Phi) is 9.18. The highest BCUT2D eigenvalue weighted by molar-refractivity contribution is 6.06. The summed E-state index contributed by atoms with van der Waals surface area (Å²) in [6, 6.07) is 14.9. The Bertz CT molecular complexity index is 2490. The van der Waals surface area contributed by atoms with Gasteiger partial charge in [0.2, 0.25) is 23.5 Å². The van der Waals surface area contributed by atoms with Gasteiger partial charge in [-0.1, -0.05) is 42.5 Å². The van der Waals surface area contributed by atoms with Crippen LogP contribution in [0.4, 0.5) is 13.2 Å². The molecule has 0 radical (unpaired) electrons. The number of alkyl halides is 3. The van der Waals surface area contributed by atoms with Crippen LogP contribution in [-0.2, 0) is 40.2 Å². The topological polar surface area (TPSA) is 159 Å². The smallest absolute Gasteiger partial charge is 0.347 e. The maximum Gasteiger partial charge on any atom is 0.449 e. The van der Waals surface area contributed by atoms with Gasteiger partial charge in [0.1, 0.15) is 11.7 Å². The predicted molar refractivity (Wildman–Crippen MR) is 196 cm³/mol. The number of fused-ring (bicyclic) bond motifs is 3. The third-order valence-electron chi connectivity index (χ3n) is 10.3. The fraction of sp³-hybridized carbons (Fsp3) is 0.250. The summed E-state index contributed by atoms with van der Waals surface area (Å²) >= 11 is 0. The normalized spacial score (nSPS) is 17.0. The van der Waals surface area contributed by atoms with E-state index in [2.05, 4.69) is 25.6 Å². The summed E-state index contributed by atoms with van der Waals surface area (Å²) in [5, 5.41) is 6.39. The second kappa shape index (κ2) is 14.2.